The molecular formula is C20H21N3O3. The molecule has 0 aliphatic carbocycles. The number of anilines is 3. The van der Waals surface area contributed by atoms with Gasteiger partial charge in [0.2, 0.25) is 5.91 Å². The van der Waals surface area contributed by atoms with Crippen LogP contribution in [0, 0.1) is 0 Å². The zero-order chi connectivity index (χ0) is 18.5. The number of rotatable bonds is 4. The van der Waals surface area contributed by atoms with Crippen LogP contribution in [0.3, 0.4) is 0 Å². The van der Waals surface area contributed by atoms with E-state index in [1.807, 2.05) is 42.5 Å². The van der Waals surface area contributed by atoms with Crippen LogP contribution >= 0.6 is 0 Å². The molecule has 0 unspecified atom stereocenters. The van der Waals surface area contributed by atoms with Crippen molar-refractivity contribution in [3.63, 3.8) is 0 Å². The second kappa shape index (κ2) is 7.84. The van der Waals surface area contributed by atoms with E-state index in [1.54, 1.807) is 31.0 Å². The molecule has 2 N–H and O–H groups in total. The fourth-order valence-corrected chi connectivity index (χ4v) is 2.88. The van der Waals surface area contributed by atoms with Crippen LogP contribution in [0.5, 0.6) is 0 Å². The Hall–Kier alpha value is -3.12. The molecule has 0 fully saturated rings. The minimum Gasteiger partial charge on any atom is -0.450 e. The molecule has 2 amide bonds. The van der Waals surface area contributed by atoms with Crippen LogP contribution in [-0.2, 0) is 9.53 Å². The van der Waals surface area contributed by atoms with E-state index in [9.17, 15) is 9.59 Å². The second-order valence-electron chi connectivity index (χ2n) is 5.77. The SMILES string of the molecule is CCOC(=O)Nc1ccc2c(c1)N(C(=O)CNC)c1ccccc1C=C2. The zero-order valence-corrected chi connectivity index (χ0v) is 14.8. The molecule has 6 nitrogen and oxygen atoms in total. The lowest BCUT2D eigenvalue weighted by molar-refractivity contribution is -0.117. The molecule has 0 radical (unpaired) electrons. The van der Waals surface area contributed by atoms with Gasteiger partial charge in [0, 0.05) is 5.69 Å². The number of amides is 2. The minimum atomic E-state index is -0.523. The first kappa shape index (κ1) is 17.7. The Labute approximate surface area is 152 Å². The fourth-order valence-electron chi connectivity index (χ4n) is 2.88. The summed E-state index contributed by atoms with van der Waals surface area (Å²) in [7, 11) is 1.74. The van der Waals surface area contributed by atoms with Gasteiger partial charge < -0.3 is 10.1 Å². The zero-order valence-electron chi connectivity index (χ0n) is 14.8. The number of para-hydroxylation sites is 1. The highest BCUT2D eigenvalue weighted by Crippen LogP contribution is 2.37. The lowest BCUT2D eigenvalue weighted by Gasteiger charge is -2.25. The molecule has 6 heteroatoms. The molecule has 0 saturated heterocycles. The van der Waals surface area contributed by atoms with Gasteiger partial charge in [0.1, 0.15) is 0 Å². The van der Waals surface area contributed by atoms with Crippen molar-refractivity contribution in [2.45, 2.75) is 6.92 Å². The predicted octanol–water partition coefficient (Wildman–Crippen LogP) is 3.62. The standard InChI is InChI=1S/C20H21N3O3/c1-3-26-20(25)22-16-11-10-15-9-8-14-6-4-5-7-17(14)23(18(15)12-16)19(24)13-21-2/h4-12,21H,3,13H2,1-2H3,(H,22,25). The molecule has 2 aromatic carbocycles. The fraction of sp³-hybridized carbons (Fsp3) is 0.200. The Kier molecular flexibility index (Phi) is 5.34. The van der Waals surface area contributed by atoms with Gasteiger partial charge in [-0.15, -0.1) is 0 Å². The van der Waals surface area contributed by atoms with Crippen LogP contribution in [0.15, 0.2) is 42.5 Å². The summed E-state index contributed by atoms with van der Waals surface area (Å²) >= 11 is 0. The first-order chi connectivity index (χ1) is 12.6. The Morgan fingerprint density at radius 1 is 1.04 bits per heavy atom. The molecule has 26 heavy (non-hydrogen) atoms. The van der Waals surface area contributed by atoms with Crippen LogP contribution in [0.4, 0.5) is 21.9 Å². The third-order valence-electron chi connectivity index (χ3n) is 3.99. The normalized spacial score (nSPS) is 12.0. The average molecular weight is 351 g/mol. The van der Waals surface area contributed by atoms with Crippen molar-refractivity contribution in [1.82, 2.24) is 5.32 Å². The number of nitrogens with zero attached hydrogens (tertiary/aromatic N) is 1. The maximum Gasteiger partial charge on any atom is 0.411 e. The number of carbonyl (C=O) groups is 2. The minimum absolute atomic E-state index is 0.0850. The Morgan fingerprint density at radius 3 is 2.50 bits per heavy atom. The van der Waals surface area contributed by atoms with E-state index in [0.717, 1.165) is 16.8 Å². The number of benzene rings is 2. The van der Waals surface area contributed by atoms with Gasteiger partial charge in [0.15, 0.2) is 0 Å². The third kappa shape index (κ3) is 3.60. The first-order valence-corrected chi connectivity index (χ1v) is 8.46. The van der Waals surface area contributed by atoms with Crippen molar-refractivity contribution in [3.8, 4) is 0 Å². The Balaban J connectivity index is 2.07. The molecule has 2 aromatic rings. The number of fused-ring (bicyclic) bond motifs is 2. The number of hydrogen-bond donors (Lipinski definition) is 2. The molecule has 134 valence electrons. The Bertz CT molecular complexity index is 861. The number of ether oxygens (including phenoxy) is 1. The topological polar surface area (TPSA) is 70.7 Å². The second-order valence-corrected chi connectivity index (χ2v) is 5.77. The van der Waals surface area contributed by atoms with Crippen molar-refractivity contribution in [1.29, 1.82) is 0 Å². The van der Waals surface area contributed by atoms with Gasteiger partial charge in [0.25, 0.3) is 0 Å². The lowest BCUT2D eigenvalue weighted by atomic mass is 10.1. The largest absolute Gasteiger partial charge is 0.450 e. The highest BCUT2D eigenvalue weighted by molar-refractivity contribution is 6.07. The van der Waals surface area contributed by atoms with Gasteiger partial charge in [-0.2, -0.15) is 0 Å². The summed E-state index contributed by atoms with van der Waals surface area (Å²) in [4.78, 5) is 26.2. The van der Waals surface area contributed by atoms with Crippen LogP contribution in [0.1, 0.15) is 18.1 Å². The molecule has 1 aliphatic heterocycles. The molecule has 0 spiro atoms. The van der Waals surface area contributed by atoms with E-state index in [0.29, 0.717) is 18.0 Å². The van der Waals surface area contributed by atoms with Gasteiger partial charge in [-0.25, -0.2) is 4.79 Å². The molecule has 0 bridgehead atoms. The van der Waals surface area contributed by atoms with E-state index in [2.05, 4.69) is 10.6 Å². The van der Waals surface area contributed by atoms with Gasteiger partial charge in [-0.3, -0.25) is 15.0 Å². The number of carbonyl (C=O) groups excluding carboxylic acids is 2. The average Bonchev–Trinajstić information content (AvgIpc) is 2.78. The van der Waals surface area contributed by atoms with Crippen molar-refractivity contribution < 1.29 is 14.3 Å². The van der Waals surface area contributed by atoms with Crippen molar-refractivity contribution >= 4 is 41.2 Å². The lowest BCUT2D eigenvalue weighted by Crippen LogP contribution is -2.34. The summed E-state index contributed by atoms with van der Waals surface area (Å²) in [5.74, 6) is -0.0850. The summed E-state index contributed by atoms with van der Waals surface area (Å²) in [6.07, 6.45) is 3.43. The molecule has 0 aromatic heterocycles. The van der Waals surface area contributed by atoms with Gasteiger partial charge in [-0.1, -0.05) is 36.4 Å². The van der Waals surface area contributed by atoms with Crippen LogP contribution < -0.4 is 15.5 Å². The molecular weight excluding hydrogens is 330 g/mol. The van der Waals surface area contributed by atoms with Crippen molar-refractivity contribution in [2.24, 2.45) is 0 Å². The van der Waals surface area contributed by atoms with Gasteiger partial charge in [0.05, 0.1) is 24.5 Å². The van der Waals surface area contributed by atoms with E-state index in [4.69, 9.17) is 4.74 Å². The molecule has 1 heterocycles. The summed E-state index contributed by atoms with van der Waals surface area (Å²) in [6, 6.07) is 13.2. The number of nitrogens with one attached hydrogen (secondary N) is 2. The number of hydrogen-bond acceptors (Lipinski definition) is 4. The van der Waals surface area contributed by atoms with Crippen LogP contribution in [0.2, 0.25) is 0 Å². The van der Waals surface area contributed by atoms with E-state index >= 15 is 0 Å². The summed E-state index contributed by atoms with van der Waals surface area (Å²) < 4.78 is 4.93. The van der Waals surface area contributed by atoms with Crippen LogP contribution in [0.25, 0.3) is 12.2 Å². The molecule has 1 aliphatic rings. The molecule has 0 atom stereocenters. The predicted molar refractivity (Wildman–Crippen MR) is 104 cm³/mol. The summed E-state index contributed by atoms with van der Waals surface area (Å²) in [5.41, 5.74) is 3.92. The summed E-state index contributed by atoms with van der Waals surface area (Å²) in [6.45, 7) is 2.24. The molecule has 0 saturated carbocycles. The van der Waals surface area contributed by atoms with E-state index in [-0.39, 0.29) is 12.5 Å². The smallest absolute Gasteiger partial charge is 0.411 e. The first-order valence-electron chi connectivity index (χ1n) is 8.46. The van der Waals surface area contributed by atoms with Crippen LogP contribution in [-0.4, -0.2) is 32.2 Å². The van der Waals surface area contributed by atoms with Gasteiger partial charge in [-0.05, 0) is 43.3 Å². The highest BCUT2D eigenvalue weighted by atomic mass is 16.5. The van der Waals surface area contributed by atoms with Crippen molar-refractivity contribution in [3.05, 3.63) is 53.6 Å². The Morgan fingerprint density at radius 2 is 1.77 bits per heavy atom. The highest BCUT2D eigenvalue weighted by Gasteiger charge is 2.24. The quantitative estimate of drug-likeness (QED) is 0.882. The third-order valence-corrected chi connectivity index (χ3v) is 3.99. The maximum absolute atomic E-state index is 12.8. The van der Waals surface area contributed by atoms with Crippen molar-refractivity contribution in [2.75, 3.05) is 30.4 Å². The summed E-state index contributed by atoms with van der Waals surface area (Å²) in [5, 5.41) is 5.60. The number of likely N-dealkylation sites (N-methyl/N-ethyl adjacent to an activating group) is 1. The van der Waals surface area contributed by atoms with E-state index < -0.39 is 6.09 Å². The van der Waals surface area contributed by atoms with E-state index in [1.165, 1.54) is 0 Å². The molecule has 3 rings (SSSR count). The van der Waals surface area contributed by atoms with Gasteiger partial charge >= 0.3 is 6.09 Å². The monoisotopic (exact) mass is 351 g/mol. The maximum atomic E-state index is 12.8.